The van der Waals surface area contributed by atoms with Gasteiger partial charge >= 0.3 is 0 Å². The summed E-state index contributed by atoms with van der Waals surface area (Å²) in [6.07, 6.45) is 2.54. The number of benzene rings is 2. The summed E-state index contributed by atoms with van der Waals surface area (Å²) in [6.45, 7) is 0. The Morgan fingerprint density at radius 3 is 2.70 bits per heavy atom. The van der Waals surface area contributed by atoms with Gasteiger partial charge in [-0.3, -0.25) is 0 Å². The Labute approximate surface area is 166 Å². The second kappa shape index (κ2) is 8.56. The fourth-order valence-corrected chi connectivity index (χ4v) is 3.56. The summed E-state index contributed by atoms with van der Waals surface area (Å²) in [4.78, 5) is 3.23. The third kappa shape index (κ3) is 4.32. The van der Waals surface area contributed by atoms with Gasteiger partial charge in [0.05, 0.1) is 6.04 Å². The van der Waals surface area contributed by atoms with Gasteiger partial charge in [-0.2, -0.15) is 0 Å². The molecule has 0 radical (unpaired) electrons. The molecule has 1 atom stereocenters. The third-order valence-corrected chi connectivity index (χ3v) is 5.03. The molecule has 0 aliphatic heterocycles. The van der Waals surface area contributed by atoms with Crippen LogP contribution in [0.4, 0.5) is 4.39 Å². The standard InChI is InChI=1S/C19H17FN4OS.ClH/c20-15-7-3-1-5-12(15)11-26-19-24-23-18(25-19)16(21)9-13-10-22-17-8-4-2-6-14(13)17;/h1-8,10,16,22H,9,11,21H2;1H/p-1/t16-;/m0./s1. The van der Waals surface area contributed by atoms with Crippen molar-refractivity contribution in [2.24, 2.45) is 5.73 Å². The summed E-state index contributed by atoms with van der Waals surface area (Å²) in [6, 6.07) is 14.3. The van der Waals surface area contributed by atoms with Gasteiger partial charge in [0.2, 0.25) is 5.89 Å². The number of para-hydroxylation sites is 1. The van der Waals surface area contributed by atoms with Crippen molar-refractivity contribution in [3.05, 3.63) is 77.6 Å². The van der Waals surface area contributed by atoms with Crippen molar-refractivity contribution in [1.82, 2.24) is 15.2 Å². The zero-order valence-corrected chi connectivity index (χ0v) is 15.8. The van der Waals surface area contributed by atoms with E-state index in [1.54, 1.807) is 18.2 Å². The van der Waals surface area contributed by atoms with Crippen LogP contribution in [0.2, 0.25) is 0 Å². The molecule has 0 aliphatic carbocycles. The lowest BCUT2D eigenvalue weighted by atomic mass is 10.1. The summed E-state index contributed by atoms with van der Waals surface area (Å²) in [7, 11) is 0. The minimum atomic E-state index is -0.399. The summed E-state index contributed by atoms with van der Waals surface area (Å²) in [5.74, 6) is 0.563. The second-order valence-electron chi connectivity index (χ2n) is 5.96. The lowest BCUT2D eigenvalue weighted by Gasteiger charge is -2.05. The zero-order valence-electron chi connectivity index (χ0n) is 14.2. The minimum absolute atomic E-state index is 0. The van der Waals surface area contributed by atoms with Gasteiger partial charge in [0.25, 0.3) is 5.22 Å². The monoisotopic (exact) mass is 403 g/mol. The van der Waals surface area contributed by atoms with Crippen LogP contribution in [0.25, 0.3) is 10.9 Å². The summed E-state index contributed by atoms with van der Waals surface area (Å²) in [5, 5.41) is 9.58. The van der Waals surface area contributed by atoms with Gasteiger partial charge in [-0.15, -0.1) is 10.2 Å². The fourth-order valence-electron chi connectivity index (χ4n) is 2.81. The maximum atomic E-state index is 13.7. The molecule has 0 saturated carbocycles. The molecule has 0 unspecified atom stereocenters. The molecule has 0 fully saturated rings. The number of fused-ring (bicyclic) bond motifs is 1. The normalized spacial score (nSPS) is 12.1. The van der Waals surface area contributed by atoms with Crippen LogP contribution in [0.5, 0.6) is 0 Å². The molecule has 0 saturated heterocycles. The molecule has 0 amide bonds. The smallest absolute Gasteiger partial charge is 0.276 e. The number of H-pyrrole nitrogens is 1. The quantitative estimate of drug-likeness (QED) is 0.473. The van der Waals surface area contributed by atoms with Crippen LogP contribution in [0.3, 0.4) is 0 Å². The van der Waals surface area contributed by atoms with E-state index in [0.29, 0.717) is 28.9 Å². The van der Waals surface area contributed by atoms with E-state index in [-0.39, 0.29) is 18.2 Å². The van der Waals surface area contributed by atoms with Crippen molar-refractivity contribution < 1.29 is 21.2 Å². The number of hydrogen-bond acceptors (Lipinski definition) is 5. The molecule has 3 N–H and O–H groups in total. The van der Waals surface area contributed by atoms with E-state index in [1.165, 1.54) is 17.8 Å². The van der Waals surface area contributed by atoms with Crippen LogP contribution in [-0.2, 0) is 12.2 Å². The number of aromatic amines is 1. The largest absolute Gasteiger partial charge is 1.00 e. The van der Waals surface area contributed by atoms with Crippen LogP contribution >= 0.6 is 11.8 Å². The number of hydrogen-bond donors (Lipinski definition) is 2. The Bertz CT molecular complexity index is 1040. The van der Waals surface area contributed by atoms with Crippen molar-refractivity contribution >= 4 is 22.7 Å². The highest BCUT2D eigenvalue weighted by molar-refractivity contribution is 7.98. The van der Waals surface area contributed by atoms with Gasteiger partial charge in [0.15, 0.2) is 0 Å². The Kier molecular flexibility index (Phi) is 6.15. The van der Waals surface area contributed by atoms with E-state index in [9.17, 15) is 4.39 Å². The molecular formula is C19H17ClFN4OS-. The predicted molar refractivity (Wildman–Crippen MR) is 99.2 cm³/mol. The van der Waals surface area contributed by atoms with E-state index in [0.717, 1.165) is 16.5 Å². The van der Waals surface area contributed by atoms with E-state index < -0.39 is 6.04 Å². The first-order valence-electron chi connectivity index (χ1n) is 8.21. The van der Waals surface area contributed by atoms with Gasteiger partial charge in [-0.05, 0) is 29.7 Å². The van der Waals surface area contributed by atoms with Crippen molar-refractivity contribution in [3.63, 3.8) is 0 Å². The van der Waals surface area contributed by atoms with Crippen LogP contribution in [0.1, 0.15) is 23.1 Å². The first-order chi connectivity index (χ1) is 12.7. The van der Waals surface area contributed by atoms with Crippen molar-refractivity contribution in [2.45, 2.75) is 23.4 Å². The van der Waals surface area contributed by atoms with Crippen LogP contribution < -0.4 is 18.1 Å². The molecule has 2 aromatic carbocycles. The fraction of sp³-hybridized carbons (Fsp3) is 0.158. The molecule has 2 heterocycles. The number of nitrogens with one attached hydrogen (secondary N) is 1. The lowest BCUT2D eigenvalue weighted by molar-refractivity contribution is -0.00000646. The zero-order chi connectivity index (χ0) is 17.9. The Morgan fingerprint density at radius 2 is 1.85 bits per heavy atom. The van der Waals surface area contributed by atoms with Gasteiger partial charge < -0.3 is 27.5 Å². The number of rotatable bonds is 6. The average Bonchev–Trinajstić information content (AvgIpc) is 3.29. The first kappa shape index (κ1) is 19.4. The maximum absolute atomic E-state index is 13.7. The van der Waals surface area contributed by atoms with Gasteiger partial charge in [0.1, 0.15) is 5.82 Å². The number of nitrogens with two attached hydrogens (primary N) is 1. The van der Waals surface area contributed by atoms with Crippen molar-refractivity contribution in [1.29, 1.82) is 0 Å². The number of thioether (sulfide) groups is 1. The molecule has 140 valence electrons. The van der Waals surface area contributed by atoms with E-state index >= 15 is 0 Å². The van der Waals surface area contributed by atoms with Gasteiger partial charge in [-0.1, -0.05) is 48.2 Å². The van der Waals surface area contributed by atoms with Gasteiger partial charge in [0, 0.05) is 22.9 Å². The molecule has 2 aromatic heterocycles. The molecule has 0 aliphatic rings. The second-order valence-corrected chi connectivity index (χ2v) is 6.88. The summed E-state index contributed by atoms with van der Waals surface area (Å²) in [5.41, 5.74) is 9.01. The van der Waals surface area contributed by atoms with Gasteiger partial charge in [-0.25, -0.2) is 4.39 Å². The molecule has 8 heteroatoms. The molecule has 5 nitrogen and oxygen atoms in total. The molecule has 0 spiro atoms. The summed E-state index contributed by atoms with van der Waals surface area (Å²) < 4.78 is 19.3. The minimum Gasteiger partial charge on any atom is -1.00 e. The van der Waals surface area contributed by atoms with E-state index in [4.69, 9.17) is 10.2 Å². The third-order valence-electron chi connectivity index (χ3n) is 4.16. The van der Waals surface area contributed by atoms with Crippen molar-refractivity contribution in [3.8, 4) is 0 Å². The average molecular weight is 404 g/mol. The van der Waals surface area contributed by atoms with Crippen LogP contribution in [0, 0.1) is 5.82 Å². The molecule has 4 aromatic rings. The molecular weight excluding hydrogens is 387 g/mol. The van der Waals surface area contributed by atoms with Crippen LogP contribution in [0.15, 0.2) is 64.4 Å². The highest BCUT2D eigenvalue weighted by atomic mass is 35.5. The highest BCUT2D eigenvalue weighted by Crippen LogP contribution is 2.26. The Morgan fingerprint density at radius 1 is 1.07 bits per heavy atom. The summed E-state index contributed by atoms with van der Waals surface area (Å²) >= 11 is 1.29. The SMILES string of the molecule is N[C@@H](Cc1c[nH]c2ccccc12)c1nnc(SCc2ccccc2F)o1.[Cl-]. The molecule has 0 bridgehead atoms. The Balaban J connectivity index is 0.00000210. The number of nitrogens with zero attached hydrogens (tertiary/aromatic N) is 2. The lowest BCUT2D eigenvalue weighted by Crippen LogP contribution is -3.00. The topological polar surface area (TPSA) is 80.7 Å². The molecule has 4 rings (SSSR count). The maximum Gasteiger partial charge on any atom is 0.276 e. The predicted octanol–water partition coefficient (Wildman–Crippen LogP) is 1.23. The first-order valence-corrected chi connectivity index (χ1v) is 9.19. The number of halogens is 2. The Hall–Kier alpha value is -2.35. The van der Waals surface area contributed by atoms with E-state index in [2.05, 4.69) is 21.2 Å². The van der Waals surface area contributed by atoms with Crippen molar-refractivity contribution in [2.75, 3.05) is 0 Å². The van der Waals surface area contributed by atoms with E-state index in [1.807, 2.05) is 24.4 Å². The highest BCUT2D eigenvalue weighted by Gasteiger charge is 2.17. The molecule has 27 heavy (non-hydrogen) atoms. The number of aromatic nitrogens is 3. The van der Waals surface area contributed by atoms with Crippen LogP contribution in [-0.4, -0.2) is 15.2 Å².